The van der Waals surface area contributed by atoms with Gasteiger partial charge in [0.05, 0.1) is 0 Å². The molecule has 0 radical (unpaired) electrons. The van der Waals surface area contributed by atoms with Crippen LogP contribution in [0.5, 0.6) is 0 Å². The maximum atomic E-state index is 2.37. The highest BCUT2D eigenvalue weighted by molar-refractivity contribution is 8.01. The number of hydrogen-bond acceptors (Lipinski definition) is 0. The normalized spacial score (nSPS) is 11.6. The van der Waals surface area contributed by atoms with Gasteiger partial charge in [-0.15, -0.1) is 0 Å². The average Bonchev–Trinajstić information content (AvgIpc) is 3.22. The maximum absolute atomic E-state index is 2.37. The number of rotatable bonds is 9. The van der Waals surface area contributed by atoms with Gasteiger partial charge in [0.15, 0.2) is 0 Å². The molecule has 0 aliphatic carbocycles. The molecule has 2 heteroatoms. The van der Waals surface area contributed by atoms with Crippen LogP contribution in [-0.4, -0.2) is 6.15 Å². The summed E-state index contributed by atoms with van der Waals surface area (Å²) in [6, 6.07) is 85.0. The van der Waals surface area contributed by atoms with Crippen molar-refractivity contribution in [2.45, 2.75) is 0 Å². The highest BCUT2D eigenvalue weighted by Gasteiger charge is 2.47. The quantitative estimate of drug-likeness (QED) is 0.113. The molecule has 0 bridgehead atoms. The van der Waals surface area contributed by atoms with Gasteiger partial charge in [0.2, 0.25) is 0 Å². The van der Waals surface area contributed by atoms with E-state index < -0.39 is 13.4 Å². The highest BCUT2D eigenvalue weighted by atomic mass is 31.2. The predicted molar refractivity (Wildman–Crippen MR) is 220 cm³/mol. The van der Waals surface area contributed by atoms with Crippen molar-refractivity contribution in [1.82, 2.24) is 0 Å². The van der Waals surface area contributed by atoms with Gasteiger partial charge in [-0.1, -0.05) is 182 Å². The fraction of sp³-hybridized carbons (Fsp3) is 0. The van der Waals surface area contributed by atoms with Crippen LogP contribution in [0.3, 0.4) is 0 Å². The molecule has 0 aromatic heterocycles. The monoisotopic (exact) mass is 656 g/mol. The van der Waals surface area contributed by atoms with Crippen molar-refractivity contribution in [3.8, 4) is 11.1 Å². The first-order valence-corrected chi connectivity index (χ1v) is 19.2. The SMILES string of the molecule is c1ccc([B-](c2ccccc2)(c2ccccc2)c2ccc(-c3ccc([P+](c4ccccc4)(c4ccccc4)c4ccccc4)cc3)cc2)cc1. The fourth-order valence-electron chi connectivity index (χ4n) is 8.07. The molecule has 0 saturated heterocycles. The van der Waals surface area contributed by atoms with Crippen LogP contribution in [0.25, 0.3) is 11.1 Å². The molecule has 0 unspecified atom stereocenters. The Morgan fingerprint density at radius 2 is 0.460 bits per heavy atom. The van der Waals surface area contributed by atoms with E-state index in [4.69, 9.17) is 0 Å². The van der Waals surface area contributed by atoms with Gasteiger partial charge in [0.25, 0.3) is 0 Å². The van der Waals surface area contributed by atoms with Crippen LogP contribution in [0.2, 0.25) is 0 Å². The lowest BCUT2D eigenvalue weighted by Crippen LogP contribution is -2.74. The van der Waals surface area contributed by atoms with E-state index in [9.17, 15) is 0 Å². The largest absolute Gasteiger partial charge is 0.195 e. The molecule has 8 aromatic carbocycles. The molecule has 8 aromatic rings. The van der Waals surface area contributed by atoms with Gasteiger partial charge in [-0.2, -0.15) is 21.9 Å². The van der Waals surface area contributed by atoms with Gasteiger partial charge in [-0.25, -0.2) is 0 Å². The van der Waals surface area contributed by atoms with Crippen molar-refractivity contribution >= 4 is 56.5 Å². The Balaban J connectivity index is 1.25. The van der Waals surface area contributed by atoms with Crippen LogP contribution in [0.1, 0.15) is 0 Å². The van der Waals surface area contributed by atoms with Gasteiger partial charge in [-0.3, -0.25) is 0 Å². The Hall–Kier alpha value is -5.75. The van der Waals surface area contributed by atoms with Crippen molar-refractivity contribution in [2.24, 2.45) is 0 Å². The minimum Gasteiger partial charge on any atom is -0.195 e. The number of benzene rings is 8. The standard InChI is InChI=1S/C48H38BP/c1-7-19-41(20-8-1)49(42-21-9-2-10-22-42,43-23-11-3-12-24-43)44-35-31-39(32-36-44)40-33-37-48(38-34-40)50(45-25-13-4-14-26-45,46-27-15-5-16-28-46)47-29-17-6-18-30-47/h1-38H. The molecule has 0 fully saturated rings. The summed E-state index contributed by atoms with van der Waals surface area (Å²) >= 11 is 0. The summed E-state index contributed by atoms with van der Waals surface area (Å²) in [5, 5.41) is 5.42. The molecule has 0 aliphatic heterocycles. The molecule has 0 atom stereocenters. The molecule has 8 rings (SSSR count). The summed E-state index contributed by atoms with van der Waals surface area (Å²) < 4.78 is 0. The van der Waals surface area contributed by atoms with Gasteiger partial charge >= 0.3 is 0 Å². The fourth-order valence-corrected chi connectivity index (χ4v) is 12.3. The van der Waals surface area contributed by atoms with Crippen LogP contribution in [-0.2, 0) is 0 Å². The Bertz CT molecular complexity index is 1890. The van der Waals surface area contributed by atoms with Crippen LogP contribution in [0, 0.1) is 0 Å². The van der Waals surface area contributed by atoms with Crippen LogP contribution < -0.4 is 43.1 Å². The Morgan fingerprint density at radius 1 is 0.220 bits per heavy atom. The minimum absolute atomic E-state index is 1.21. The molecule has 238 valence electrons. The maximum Gasteiger partial charge on any atom is 0.144 e. The number of hydrogen-bond donors (Lipinski definition) is 0. The van der Waals surface area contributed by atoms with E-state index in [1.807, 2.05) is 0 Å². The lowest BCUT2D eigenvalue weighted by atomic mass is 9.13. The molecule has 0 spiro atoms. The van der Waals surface area contributed by atoms with Gasteiger partial charge < -0.3 is 0 Å². The Kier molecular flexibility index (Phi) is 8.83. The predicted octanol–water partition coefficient (Wildman–Crippen LogP) is 7.35. The highest BCUT2D eigenvalue weighted by Crippen LogP contribution is 2.54. The molecular weight excluding hydrogens is 618 g/mol. The van der Waals surface area contributed by atoms with Crippen molar-refractivity contribution < 1.29 is 0 Å². The van der Waals surface area contributed by atoms with Crippen molar-refractivity contribution in [3.63, 3.8) is 0 Å². The van der Waals surface area contributed by atoms with Gasteiger partial charge in [0, 0.05) is 0 Å². The third-order valence-electron chi connectivity index (χ3n) is 10.3. The summed E-state index contributed by atoms with van der Waals surface area (Å²) in [5.41, 5.74) is 7.66. The molecule has 0 N–H and O–H groups in total. The van der Waals surface area contributed by atoms with E-state index in [0.29, 0.717) is 0 Å². The van der Waals surface area contributed by atoms with Crippen LogP contribution in [0.15, 0.2) is 231 Å². The first-order valence-electron chi connectivity index (χ1n) is 17.4. The summed E-state index contributed by atoms with van der Waals surface area (Å²) in [6.07, 6.45) is -1.41. The van der Waals surface area contributed by atoms with E-state index >= 15 is 0 Å². The first kappa shape index (κ1) is 31.5. The minimum atomic E-state index is -2.15. The second-order valence-electron chi connectivity index (χ2n) is 12.9. The van der Waals surface area contributed by atoms with Crippen molar-refractivity contribution in [1.29, 1.82) is 0 Å². The second kappa shape index (κ2) is 14.0. The third kappa shape index (κ3) is 5.51. The molecule has 0 nitrogen and oxygen atoms in total. The van der Waals surface area contributed by atoms with E-state index in [1.54, 1.807) is 0 Å². The lowest BCUT2D eigenvalue weighted by molar-refractivity contribution is 1.63. The van der Waals surface area contributed by atoms with E-state index in [-0.39, 0.29) is 0 Å². The molecular formula is C48H38BP. The third-order valence-corrected chi connectivity index (χ3v) is 14.6. The topological polar surface area (TPSA) is 0 Å². The Morgan fingerprint density at radius 3 is 0.780 bits per heavy atom. The second-order valence-corrected chi connectivity index (χ2v) is 16.4. The Labute approximate surface area is 297 Å². The molecule has 0 amide bonds. The lowest BCUT2D eigenvalue weighted by Gasteiger charge is -2.44. The zero-order valence-corrected chi connectivity index (χ0v) is 28.9. The van der Waals surface area contributed by atoms with Crippen LogP contribution in [0.4, 0.5) is 0 Å². The first-order chi connectivity index (χ1) is 24.8. The zero-order valence-electron chi connectivity index (χ0n) is 28.0. The smallest absolute Gasteiger partial charge is 0.144 e. The summed E-state index contributed by atoms with van der Waals surface area (Å²) in [7, 11) is -2.15. The van der Waals surface area contributed by atoms with Gasteiger partial charge in [-0.05, 0) is 59.7 Å². The summed E-state index contributed by atoms with van der Waals surface area (Å²) in [6.45, 7) is 0. The average molecular weight is 657 g/mol. The van der Waals surface area contributed by atoms with E-state index in [0.717, 1.165) is 0 Å². The molecule has 0 aliphatic rings. The van der Waals surface area contributed by atoms with Crippen LogP contribution >= 0.6 is 7.26 Å². The zero-order chi connectivity index (χ0) is 33.6. The molecule has 50 heavy (non-hydrogen) atoms. The van der Waals surface area contributed by atoms with E-state index in [1.165, 1.54) is 54.2 Å². The van der Waals surface area contributed by atoms with E-state index in [2.05, 4.69) is 231 Å². The summed E-state index contributed by atoms with van der Waals surface area (Å²) in [4.78, 5) is 0. The molecule has 0 saturated carbocycles. The molecule has 0 heterocycles. The van der Waals surface area contributed by atoms with Crippen molar-refractivity contribution in [3.05, 3.63) is 231 Å². The van der Waals surface area contributed by atoms with Crippen molar-refractivity contribution in [2.75, 3.05) is 0 Å². The van der Waals surface area contributed by atoms with Gasteiger partial charge in [0.1, 0.15) is 34.6 Å². The summed E-state index contributed by atoms with van der Waals surface area (Å²) in [5.74, 6) is 0.